The van der Waals surface area contributed by atoms with Crippen molar-refractivity contribution in [2.24, 2.45) is 4.99 Å². The van der Waals surface area contributed by atoms with Gasteiger partial charge in [0.2, 0.25) is 5.91 Å². The van der Waals surface area contributed by atoms with Gasteiger partial charge in [-0.25, -0.2) is 16.8 Å². The molecule has 0 bridgehead atoms. The van der Waals surface area contributed by atoms with Crippen LogP contribution in [0.3, 0.4) is 0 Å². The van der Waals surface area contributed by atoms with Crippen LogP contribution in [-0.2, 0) is 31.0 Å². The number of benzene rings is 2. The smallest absolute Gasteiger partial charge is 0.248 e. The van der Waals surface area contributed by atoms with Gasteiger partial charge in [-0.3, -0.25) is 4.79 Å². The first-order valence-electron chi connectivity index (χ1n) is 9.94. The Kier molecular flexibility index (Phi) is 7.55. The van der Waals surface area contributed by atoms with E-state index in [0.717, 1.165) is 11.8 Å². The Morgan fingerprint density at radius 1 is 1.12 bits per heavy atom. The summed E-state index contributed by atoms with van der Waals surface area (Å²) >= 11 is 1.19. The number of hydrogen-bond donors (Lipinski definition) is 0. The maximum atomic E-state index is 12.5. The molecule has 0 aliphatic carbocycles. The van der Waals surface area contributed by atoms with Gasteiger partial charge in [0.05, 0.1) is 32.9 Å². The molecule has 11 heteroatoms. The zero-order chi connectivity index (χ0) is 24.2. The van der Waals surface area contributed by atoms with Gasteiger partial charge >= 0.3 is 0 Å². The van der Waals surface area contributed by atoms with Gasteiger partial charge < -0.3 is 9.30 Å². The number of sulfone groups is 2. The van der Waals surface area contributed by atoms with Gasteiger partial charge in [0.1, 0.15) is 5.75 Å². The zero-order valence-corrected chi connectivity index (χ0v) is 20.7. The molecule has 0 N–H and O–H groups in total. The number of hydrogen-bond acceptors (Lipinski definition) is 7. The minimum atomic E-state index is -3.53. The molecule has 0 saturated carbocycles. The molecule has 1 aromatic heterocycles. The van der Waals surface area contributed by atoms with E-state index in [0.29, 0.717) is 21.8 Å². The third kappa shape index (κ3) is 5.98. The van der Waals surface area contributed by atoms with E-state index < -0.39 is 25.6 Å². The van der Waals surface area contributed by atoms with Crippen molar-refractivity contribution in [2.75, 3.05) is 19.1 Å². The van der Waals surface area contributed by atoms with Crippen molar-refractivity contribution in [1.82, 2.24) is 4.57 Å². The van der Waals surface area contributed by atoms with Crippen LogP contribution in [0, 0.1) is 0 Å². The molecule has 0 fully saturated rings. The second-order valence-electron chi connectivity index (χ2n) is 7.29. The lowest BCUT2D eigenvalue weighted by molar-refractivity contribution is -0.118. The number of nitrogens with zero attached hydrogens (tertiary/aromatic N) is 2. The van der Waals surface area contributed by atoms with Crippen LogP contribution in [-0.4, -0.2) is 46.4 Å². The largest absolute Gasteiger partial charge is 0.497 e. The third-order valence-electron chi connectivity index (χ3n) is 4.84. The number of rotatable bonds is 9. The quantitative estimate of drug-likeness (QED) is 0.411. The lowest BCUT2D eigenvalue weighted by Gasteiger charge is -2.05. The number of amides is 1. The number of aromatic nitrogens is 1. The predicted molar refractivity (Wildman–Crippen MR) is 128 cm³/mol. The zero-order valence-electron chi connectivity index (χ0n) is 18.2. The van der Waals surface area contributed by atoms with E-state index in [1.807, 2.05) is 0 Å². The Balaban J connectivity index is 1.79. The van der Waals surface area contributed by atoms with Crippen LogP contribution in [0.2, 0.25) is 0 Å². The van der Waals surface area contributed by atoms with E-state index in [9.17, 15) is 21.6 Å². The fourth-order valence-electron chi connectivity index (χ4n) is 3.15. The van der Waals surface area contributed by atoms with Crippen molar-refractivity contribution in [1.29, 1.82) is 0 Å². The highest BCUT2D eigenvalue weighted by Gasteiger charge is 2.16. The Bertz CT molecular complexity index is 1460. The Hall–Kier alpha value is -2.76. The molecule has 176 valence electrons. The standard InChI is InChI=1S/C22H24N2O6S3/c1-4-13-24-19-12-11-18(32(3,26)27)15-20(19)31-22(24)23-21(25)6-5-14-33(28,29)17-9-7-16(30-2)8-10-17/h4,7-12,15H,1,5-6,13-14H2,2-3H3. The minimum absolute atomic E-state index is 0.0354. The van der Waals surface area contributed by atoms with Crippen LogP contribution in [0.25, 0.3) is 10.2 Å². The van der Waals surface area contributed by atoms with Crippen molar-refractivity contribution in [3.63, 3.8) is 0 Å². The van der Waals surface area contributed by atoms with Crippen LogP contribution >= 0.6 is 11.3 Å². The third-order valence-corrected chi connectivity index (χ3v) is 8.80. The lowest BCUT2D eigenvalue weighted by Crippen LogP contribution is -2.16. The van der Waals surface area contributed by atoms with Crippen LogP contribution in [0.1, 0.15) is 12.8 Å². The normalized spacial score (nSPS) is 12.7. The molecule has 1 heterocycles. The summed E-state index contributed by atoms with van der Waals surface area (Å²) < 4.78 is 56.2. The first kappa shape index (κ1) is 24.9. The summed E-state index contributed by atoms with van der Waals surface area (Å²) in [6.07, 6.45) is 2.88. The number of carbonyl (C=O) groups is 1. The van der Waals surface area contributed by atoms with E-state index in [4.69, 9.17) is 4.74 Å². The van der Waals surface area contributed by atoms with Crippen molar-refractivity contribution < 1.29 is 26.4 Å². The first-order chi connectivity index (χ1) is 15.5. The number of thiazole rings is 1. The fraction of sp³-hybridized carbons (Fsp3) is 0.273. The molecule has 2 aromatic carbocycles. The maximum Gasteiger partial charge on any atom is 0.248 e. The van der Waals surface area contributed by atoms with E-state index in [1.165, 1.54) is 36.6 Å². The van der Waals surface area contributed by atoms with E-state index in [1.54, 1.807) is 34.9 Å². The lowest BCUT2D eigenvalue weighted by atomic mass is 10.3. The molecule has 0 aliphatic rings. The number of ether oxygens (including phenoxy) is 1. The van der Waals surface area contributed by atoms with E-state index in [2.05, 4.69) is 11.6 Å². The Labute approximate surface area is 196 Å². The number of carbonyl (C=O) groups excluding carboxylic acids is 1. The van der Waals surface area contributed by atoms with Crippen LogP contribution in [0.5, 0.6) is 5.75 Å². The second-order valence-corrected chi connectivity index (χ2v) is 12.4. The molecule has 33 heavy (non-hydrogen) atoms. The highest BCUT2D eigenvalue weighted by molar-refractivity contribution is 7.91. The van der Waals surface area contributed by atoms with Gasteiger partial charge in [0.25, 0.3) is 0 Å². The fourth-order valence-corrected chi connectivity index (χ4v) is 6.28. The van der Waals surface area contributed by atoms with Gasteiger partial charge in [-0.15, -0.1) is 6.58 Å². The molecule has 0 aliphatic heterocycles. The molecular formula is C22H24N2O6S3. The predicted octanol–water partition coefficient (Wildman–Crippen LogP) is 2.98. The van der Waals surface area contributed by atoms with Gasteiger partial charge in [-0.05, 0) is 48.9 Å². The van der Waals surface area contributed by atoms with Crippen LogP contribution < -0.4 is 9.54 Å². The minimum Gasteiger partial charge on any atom is -0.497 e. The summed E-state index contributed by atoms with van der Waals surface area (Å²) in [5.41, 5.74) is 0.737. The van der Waals surface area contributed by atoms with Crippen molar-refractivity contribution in [2.45, 2.75) is 29.2 Å². The summed E-state index contributed by atoms with van der Waals surface area (Å²) in [5.74, 6) is -0.0763. The molecule has 1 amide bonds. The van der Waals surface area contributed by atoms with Crippen LogP contribution in [0.4, 0.5) is 0 Å². The summed E-state index contributed by atoms with van der Waals surface area (Å²) in [7, 11) is -5.40. The van der Waals surface area contributed by atoms with Gasteiger partial charge in [-0.1, -0.05) is 17.4 Å². The highest BCUT2D eigenvalue weighted by Crippen LogP contribution is 2.22. The second kappa shape index (κ2) is 10.0. The summed E-state index contributed by atoms with van der Waals surface area (Å²) in [6, 6.07) is 10.8. The van der Waals surface area contributed by atoms with E-state index >= 15 is 0 Å². The number of allylic oxidation sites excluding steroid dienone is 1. The van der Waals surface area contributed by atoms with Crippen molar-refractivity contribution in [3.8, 4) is 5.75 Å². The summed E-state index contributed by atoms with van der Waals surface area (Å²) in [6.45, 7) is 4.11. The maximum absolute atomic E-state index is 12.5. The highest BCUT2D eigenvalue weighted by atomic mass is 32.2. The molecule has 3 aromatic rings. The first-order valence-corrected chi connectivity index (χ1v) is 14.3. The average Bonchev–Trinajstić information content (AvgIpc) is 3.09. The number of fused-ring (bicyclic) bond motifs is 1. The molecule has 0 saturated heterocycles. The Morgan fingerprint density at radius 2 is 1.79 bits per heavy atom. The summed E-state index contributed by atoms with van der Waals surface area (Å²) in [4.78, 5) is 17.4. The number of methoxy groups -OCH3 is 1. The SMILES string of the molecule is C=CCn1c(=NC(=O)CCCS(=O)(=O)c2ccc(OC)cc2)sc2cc(S(C)(=O)=O)ccc21. The van der Waals surface area contributed by atoms with Gasteiger partial charge in [0.15, 0.2) is 24.5 Å². The summed E-state index contributed by atoms with van der Waals surface area (Å²) in [5, 5.41) is 0. The van der Waals surface area contributed by atoms with Crippen molar-refractivity contribution in [3.05, 3.63) is 59.9 Å². The van der Waals surface area contributed by atoms with Crippen molar-refractivity contribution >= 4 is 47.1 Å². The molecular weight excluding hydrogens is 484 g/mol. The van der Waals surface area contributed by atoms with Gasteiger partial charge in [0, 0.05) is 19.2 Å². The molecule has 0 radical (unpaired) electrons. The molecule has 0 atom stereocenters. The molecule has 0 unspecified atom stereocenters. The molecule has 0 spiro atoms. The molecule has 8 nitrogen and oxygen atoms in total. The molecule has 3 rings (SSSR count). The van der Waals surface area contributed by atoms with E-state index in [-0.39, 0.29) is 28.4 Å². The average molecular weight is 509 g/mol. The monoisotopic (exact) mass is 508 g/mol. The van der Waals surface area contributed by atoms with Crippen LogP contribution in [0.15, 0.2) is 69.9 Å². The topological polar surface area (TPSA) is 112 Å². The van der Waals surface area contributed by atoms with Gasteiger partial charge in [-0.2, -0.15) is 4.99 Å². The Morgan fingerprint density at radius 3 is 2.39 bits per heavy atom.